The van der Waals surface area contributed by atoms with Crippen molar-refractivity contribution in [3.05, 3.63) is 58.6 Å². The number of hydrogen-bond donors (Lipinski definition) is 1. The zero-order valence-corrected chi connectivity index (χ0v) is 14.2. The van der Waals surface area contributed by atoms with Crippen molar-refractivity contribution < 1.29 is 14.6 Å². The van der Waals surface area contributed by atoms with E-state index in [1.165, 1.54) is 5.69 Å². The average Bonchev–Trinajstić information content (AvgIpc) is 3.03. The highest BCUT2D eigenvalue weighted by molar-refractivity contribution is 9.10. The van der Waals surface area contributed by atoms with Crippen molar-refractivity contribution in [3.8, 4) is 5.75 Å². The molecular weight excluding hydrogens is 358 g/mol. The molecule has 1 aliphatic rings. The Morgan fingerprint density at radius 1 is 1.17 bits per heavy atom. The zero-order chi connectivity index (χ0) is 16.2. The van der Waals surface area contributed by atoms with E-state index in [9.17, 15) is 4.79 Å². The van der Waals surface area contributed by atoms with Crippen LogP contribution in [0.2, 0.25) is 0 Å². The molecule has 1 N–H and O–H groups in total. The molecule has 1 unspecified atom stereocenters. The minimum atomic E-state index is -0.919. The van der Waals surface area contributed by atoms with Crippen LogP contribution >= 0.6 is 15.9 Å². The molecule has 0 amide bonds. The summed E-state index contributed by atoms with van der Waals surface area (Å²) in [6.45, 7) is 2.67. The van der Waals surface area contributed by atoms with Gasteiger partial charge in [0.15, 0.2) is 0 Å². The maximum Gasteiger partial charge on any atom is 0.335 e. The van der Waals surface area contributed by atoms with Crippen LogP contribution < -0.4 is 9.64 Å². The number of benzene rings is 2. The van der Waals surface area contributed by atoms with Gasteiger partial charge in [0.05, 0.1) is 12.2 Å². The molecule has 0 radical (unpaired) electrons. The standard InChI is InChI=1S/C18H18BrNO3/c19-15-3-5-16(6-4-15)20-10-9-13(11-20)12-23-17-7-1-14(2-8-17)18(21)22/h1-8,13H,9-12H2,(H,21,22). The topological polar surface area (TPSA) is 49.8 Å². The lowest BCUT2D eigenvalue weighted by atomic mass is 10.1. The molecule has 23 heavy (non-hydrogen) atoms. The number of nitrogens with zero attached hydrogens (tertiary/aromatic N) is 1. The Morgan fingerprint density at radius 3 is 2.52 bits per heavy atom. The van der Waals surface area contributed by atoms with E-state index in [2.05, 4.69) is 45.1 Å². The second-order valence-corrected chi connectivity index (χ2v) is 6.63. The number of carboxylic acid groups (broad SMARTS) is 1. The molecule has 1 heterocycles. The third-order valence-corrected chi connectivity index (χ3v) is 4.59. The van der Waals surface area contributed by atoms with Crippen molar-refractivity contribution in [2.45, 2.75) is 6.42 Å². The van der Waals surface area contributed by atoms with Crippen LogP contribution in [-0.2, 0) is 0 Å². The SMILES string of the molecule is O=C(O)c1ccc(OCC2CCN(c3ccc(Br)cc3)C2)cc1. The Bertz CT molecular complexity index is 670. The van der Waals surface area contributed by atoms with Gasteiger partial charge in [-0.05, 0) is 55.0 Å². The third-order valence-electron chi connectivity index (χ3n) is 4.06. The van der Waals surface area contributed by atoms with Crippen LogP contribution in [0.5, 0.6) is 5.75 Å². The second kappa shape index (κ2) is 7.04. The van der Waals surface area contributed by atoms with E-state index in [0.717, 1.165) is 29.7 Å². The van der Waals surface area contributed by atoms with E-state index >= 15 is 0 Å². The highest BCUT2D eigenvalue weighted by atomic mass is 79.9. The summed E-state index contributed by atoms with van der Waals surface area (Å²) in [5, 5.41) is 8.88. The fourth-order valence-electron chi connectivity index (χ4n) is 2.76. The summed E-state index contributed by atoms with van der Waals surface area (Å²) in [5.41, 5.74) is 1.51. The van der Waals surface area contributed by atoms with E-state index in [1.807, 2.05) is 0 Å². The van der Waals surface area contributed by atoms with Crippen LogP contribution in [0.1, 0.15) is 16.8 Å². The summed E-state index contributed by atoms with van der Waals surface area (Å²) < 4.78 is 6.89. The molecule has 0 bridgehead atoms. The predicted octanol–water partition coefficient (Wildman–Crippen LogP) is 4.05. The first kappa shape index (κ1) is 15.9. The van der Waals surface area contributed by atoms with Crippen LogP contribution in [0.4, 0.5) is 5.69 Å². The molecule has 1 fully saturated rings. The molecule has 120 valence electrons. The molecule has 1 saturated heterocycles. The van der Waals surface area contributed by atoms with E-state index in [1.54, 1.807) is 24.3 Å². The van der Waals surface area contributed by atoms with Gasteiger partial charge in [-0.1, -0.05) is 15.9 Å². The molecule has 5 heteroatoms. The molecule has 1 aliphatic heterocycles. The fourth-order valence-corrected chi connectivity index (χ4v) is 3.03. The number of anilines is 1. The van der Waals surface area contributed by atoms with Gasteiger partial charge >= 0.3 is 5.97 Å². The Hall–Kier alpha value is -2.01. The molecule has 3 rings (SSSR count). The van der Waals surface area contributed by atoms with Gasteiger partial charge in [-0.15, -0.1) is 0 Å². The highest BCUT2D eigenvalue weighted by Crippen LogP contribution is 2.26. The van der Waals surface area contributed by atoms with Crippen LogP contribution in [0.25, 0.3) is 0 Å². The van der Waals surface area contributed by atoms with Crippen molar-refractivity contribution in [1.29, 1.82) is 0 Å². The van der Waals surface area contributed by atoms with E-state index in [4.69, 9.17) is 9.84 Å². The zero-order valence-electron chi connectivity index (χ0n) is 12.6. The molecule has 0 spiro atoms. The maximum atomic E-state index is 10.8. The molecule has 0 aliphatic carbocycles. The molecule has 0 aromatic heterocycles. The summed E-state index contributed by atoms with van der Waals surface area (Å²) >= 11 is 3.46. The van der Waals surface area contributed by atoms with Crippen LogP contribution in [-0.4, -0.2) is 30.8 Å². The molecule has 1 atom stereocenters. The molecule has 4 nitrogen and oxygen atoms in total. The van der Waals surface area contributed by atoms with Crippen LogP contribution in [0, 0.1) is 5.92 Å². The van der Waals surface area contributed by atoms with Crippen molar-refractivity contribution >= 4 is 27.6 Å². The molecule has 0 saturated carbocycles. The minimum absolute atomic E-state index is 0.277. The maximum absolute atomic E-state index is 10.8. The molecular formula is C18H18BrNO3. The first-order valence-corrected chi connectivity index (χ1v) is 8.38. The average molecular weight is 376 g/mol. The Morgan fingerprint density at radius 2 is 1.87 bits per heavy atom. The summed E-state index contributed by atoms with van der Waals surface area (Å²) in [6.07, 6.45) is 1.10. The summed E-state index contributed by atoms with van der Waals surface area (Å²) in [7, 11) is 0. The van der Waals surface area contributed by atoms with Gasteiger partial charge in [-0.25, -0.2) is 4.79 Å². The third kappa shape index (κ3) is 4.05. The first-order valence-electron chi connectivity index (χ1n) is 7.58. The predicted molar refractivity (Wildman–Crippen MR) is 93.4 cm³/mol. The van der Waals surface area contributed by atoms with E-state index in [-0.39, 0.29) is 5.56 Å². The number of hydrogen-bond acceptors (Lipinski definition) is 3. The van der Waals surface area contributed by atoms with E-state index < -0.39 is 5.97 Å². The second-order valence-electron chi connectivity index (χ2n) is 5.72. The minimum Gasteiger partial charge on any atom is -0.493 e. The van der Waals surface area contributed by atoms with Gasteiger partial charge in [-0.3, -0.25) is 0 Å². The van der Waals surface area contributed by atoms with Crippen molar-refractivity contribution in [3.63, 3.8) is 0 Å². The van der Waals surface area contributed by atoms with Gasteiger partial charge in [0.1, 0.15) is 5.75 Å². The van der Waals surface area contributed by atoms with Crippen molar-refractivity contribution in [2.24, 2.45) is 5.92 Å². The summed E-state index contributed by atoms with van der Waals surface area (Å²) in [6, 6.07) is 14.9. The Balaban J connectivity index is 1.52. The summed E-state index contributed by atoms with van der Waals surface area (Å²) in [5.74, 6) is 0.285. The number of halogens is 1. The van der Waals surface area contributed by atoms with Gasteiger partial charge in [0, 0.05) is 29.2 Å². The first-order chi connectivity index (χ1) is 11.1. The largest absolute Gasteiger partial charge is 0.493 e. The van der Waals surface area contributed by atoms with Gasteiger partial charge < -0.3 is 14.7 Å². The van der Waals surface area contributed by atoms with Gasteiger partial charge in [0.2, 0.25) is 0 Å². The lowest BCUT2D eigenvalue weighted by Gasteiger charge is -2.19. The number of rotatable bonds is 5. The summed E-state index contributed by atoms with van der Waals surface area (Å²) in [4.78, 5) is 13.2. The molecule has 2 aromatic rings. The number of ether oxygens (including phenoxy) is 1. The van der Waals surface area contributed by atoms with Crippen molar-refractivity contribution in [2.75, 3.05) is 24.6 Å². The lowest BCUT2D eigenvalue weighted by molar-refractivity contribution is 0.0697. The van der Waals surface area contributed by atoms with Crippen molar-refractivity contribution in [1.82, 2.24) is 0 Å². The normalized spacial score (nSPS) is 17.3. The van der Waals surface area contributed by atoms with Gasteiger partial charge in [0.25, 0.3) is 0 Å². The smallest absolute Gasteiger partial charge is 0.335 e. The van der Waals surface area contributed by atoms with Gasteiger partial charge in [-0.2, -0.15) is 0 Å². The molecule has 2 aromatic carbocycles. The number of aromatic carboxylic acids is 1. The Labute approximate surface area is 143 Å². The number of carbonyl (C=O) groups is 1. The lowest BCUT2D eigenvalue weighted by Crippen LogP contribution is -2.21. The Kier molecular flexibility index (Phi) is 4.86. The fraction of sp³-hybridized carbons (Fsp3) is 0.278. The monoisotopic (exact) mass is 375 g/mol. The van der Waals surface area contributed by atoms with Crippen LogP contribution in [0.15, 0.2) is 53.0 Å². The number of carboxylic acids is 1. The van der Waals surface area contributed by atoms with E-state index in [0.29, 0.717) is 12.5 Å². The highest BCUT2D eigenvalue weighted by Gasteiger charge is 2.23. The quantitative estimate of drug-likeness (QED) is 0.856. The van der Waals surface area contributed by atoms with Crippen LogP contribution in [0.3, 0.4) is 0 Å².